The minimum absolute atomic E-state index is 0.936. The molecule has 1 heterocycles. The second-order valence-corrected chi connectivity index (χ2v) is 3.32. The van der Waals surface area contributed by atoms with Crippen LogP contribution in [0.1, 0.15) is 0 Å². The standard InChI is InChI=1S/C13H9O/c1-3-7-12-10(5-1)9-11-6-2-4-8-13(11)14-12/h1-9H/q+1. The molecule has 0 radical (unpaired) electrons. The van der Waals surface area contributed by atoms with Crippen LogP contribution in [0.15, 0.2) is 59.0 Å². The maximum atomic E-state index is 5.75. The largest absolute Gasteiger partial charge is 0.360 e. The summed E-state index contributed by atoms with van der Waals surface area (Å²) < 4.78 is 5.75. The van der Waals surface area contributed by atoms with Gasteiger partial charge in [-0.25, -0.2) is 4.42 Å². The SMILES string of the molecule is c1ccc2[o+]c3ccccc3cc2c1. The van der Waals surface area contributed by atoms with Gasteiger partial charge in [0.1, 0.15) is 0 Å². The van der Waals surface area contributed by atoms with Crippen LogP contribution in [0.2, 0.25) is 0 Å². The number of benzene rings is 2. The van der Waals surface area contributed by atoms with Gasteiger partial charge in [0.25, 0.3) is 0 Å². The van der Waals surface area contributed by atoms with Crippen molar-refractivity contribution in [1.29, 1.82) is 0 Å². The zero-order chi connectivity index (χ0) is 9.38. The van der Waals surface area contributed by atoms with E-state index < -0.39 is 0 Å². The second kappa shape index (κ2) is 2.81. The van der Waals surface area contributed by atoms with Crippen molar-refractivity contribution in [2.45, 2.75) is 0 Å². The molecule has 0 bridgehead atoms. The van der Waals surface area contributed by atoms with Crippen molar-refractivity contribution >= 4 is 21.9 Å². The van der Waals surface area contributed by atoms with Gasteiger partial charge < -0.3 is 0 Å². The smallest absolute Gasteiger partial charge is 0.207 e. The minimum Gasteiger partial charge on any atom is -0.207 e. The molecule has 0 N–H and O–H groups in total. The van der Waals surface area contributed by atoms with Gasteiger partial charge in [0.05, 0.1) is 10.8 Å². The topological polar surface area (TPSA) is 11.3 Å². The highest BCUT2D eigenvalue weighted by atomic mass is 16.3. The van der Waals surface area contributed by atoms with Crippen LogP contribution in [-0.4, -0.2) is 0 Å². The van der Waals surface area contributed by atoms with E-state index in [1.807, 2.05) is 36.4 Å². The number of fused-ring (bicyclic) bond motifs is 2. The summed E-state index contributed by atoms with van der Waals surface area (Å²) in [7, 11) is 0. The van der Waals surface area contributed by atoms with Gasteiger partial charge in [-0.1, -0.05) is 24.3 Å². The summed E-state index contributed by atoms with van der Waals surface area (Å²) >= 11 is 0. The van der Waals surface area contributed by atoms with Crippen molar-refractivity contribution < 1.29 is 4.42 Å². The normalized spacial score (nSPS) is 10.9. The van der Waals surface area contributed by atoms with Crippen LogP contribution in [0.4, 0.5) is 0 Å². The molecule has 1 nitrogen and oxygen atoms in total. The highest BCUT2D eigenvalue weighted by Crippen LogP contribution is 2.21. The van der Waals surface area contributed by atoms with Crippen molar-refractivity contribution in [3.63, 3.8) is 0 Å². The monoisotopic (exact) mass is 181 g/mol. The zero-order valence-electron chi connectivity index (χ0n) is 7.60. The lowest BCUT2D eigenvalue weighted by atomic mass is 10.1. The van der Waals surface area contributed by atoms with E-state index in [9.17, 15) is 0 Å². The Morgan fingerprint density at radius 1 is 0.643 bits per heavy atom. The summed E-state index contributed by atoms with van der Waals surface area (Å²) in [6, 6.07) is 18.3. The van der Waals surface area contributed by atoms with Crippen LogP contribution in [0.3, 0.4) is 0 Å². The van der Waals surface area contributed by atoms with Crippen molar-refractivity contribution in [3.05, 3.63) is 54.6 Å². The Morgan fingerprint density at radius 2 is 1.14 bits per heavy atom. The molecular weight excluding hydrogens is 172 g/mol. The molecule has 14 heavy (non-hydrogen) atoms. The van der Waals surface area contributed by atoms with E-state index in [4.69, 9.17) is 4.42 Å². The number of hydrogen-bond donors (Lipinski definition) is 0. The molecular formula is C13H9O+. The molecule has 3 aromatic rings. The third kappa shape index (κ3) is 1.06. The summed E-state index contributed by atoms with van der Waals surface area (Å²) in [5.41, 5.74) is 1.87. The fourth-order valence-corrected chi connectivity index (χ4v) is 1.67. The predicted molar refractivity (Wildman–Crippen MR) is 58.1 cm³/mol. The molecule has 0 spiro atoms. The van der Waals surface area contributed by atoms with E-state index in [1.165, 1.54) is 0 Å². The Hall–Kier alpha value is -1.89. The molecule has 0 atom stereocenters. The molecule has 1 aromatic heterocycles. The van der Waals surface area contributed by atoms with Crippen molar-refractivity contribution in [2.24, 2.45) is 0 Å². The lowest BCUT2D eigenvalue weighted by Gasteiger charge is -1.89. The summed E-state index contributed by atoms with van der Waals surface area (Å²) in [4.78, 5) is 0. The van der Waals surface area contributed by atoms with Crippen LogP contribution in [0.5, 0.6) is 0 Å². The first-order chi connectivity index (χ1) is 6.93. The molecule has 1 heteroatoms. The molecule has 3 rings (SSSR count). The second-order valence-electron chi connectivity index (χ2n) is 3.32. The Labute approximate surface area is 81.6 Å². The number of rotatable bonds is 0. The van der Waals surface area contributed by atoms with Crippen LogP contribution < -0.4 is 0 Å². The van der Waals surface area contributed by atoms with E-state index >= 15 is 0 Å². The lowest BCUT2D eigenvalue weighted by molar-refractivity contribution is 0.661. The molecule has 0 saturated carbocycles. The average molecular weight is 181 g/mol. The Morgan fingerprint density at radius 3 is 1.71 bits per heavy atom. The molecule has 0 amide bonds. The van der Waals surface area contributed by atoms with E-state index in [1.54, 1.807) is 0 Å². The Bertz CT molecular complexity index is 494. The summed E-state index contributed by atoms with van der Waals surface area (Å²) in [5, 5.41) is 2.29. The quantitative estimate of drug-likeness (QED) is 0.378. The van der Waals surface area contributed by atoms with Crippen LogP contribution >= 0.6 is 0 Å². The van der Waals surface area contributed by atoms with Gasteiger partial charge >= 0.3 is 11.2 Å². The highest BCUT2D eigenvalue weighted by molar-refractivity contribution is 5.89. The van der Waals surface area contributed by atoms with E-state index in [0.717, 1.165) is 21.9 Å². The molecule has 0 fully saturated rings. The van der Waals surface area contributed by atoms with E-state index in [2.05, 4.69) is 18.2 Å². The van der Waals surface area contributed by atoms with Gasteiger partial charge in [0, 0.05) is 12.1 Å². The van der Waals surface area contributed by atoms with Crippen LogP contribution in [0, 0.1) is 0 Å². The minimum atomic E-state index is 0.936. The molecule has 66 valence electrons. The van der Waals surface area contributed by atoms with Gasteiger partial charge in [-0.15, -0.1) is 0 Å². The zero-order valence-corrected chi connectivity index (χ0v) is 7.60. The summed E-state index contributed by atoms with van der Waals surface area (Å²) in [6.45, 7) is 0. The molecule has 0 saturated heterocycles. The Kier molecular flexibility index (Phi) is 1.51. The Balaban J connectivity index is 2.52. The fourth-order valence-electron chi connectivity index (χ4n) is 1.67. The van der Waals surface area contributed by atoms with Gasteiger partial charge in [-0.05, 0) is 18.2 Å². The van der Waals surface area contributed by atoms with Gasteiger partial charge in [0.15, 0.2) is 0 Å². The first-order valence-electron chi connectivity index (χ1n) is 4.64. The van der Waals surface area contributed by atoms with Crippen molar-refractivity contribution in [1.82, 2.24) is 0 Å². The van der Waals surface area contributed by atoms with Crippen LogP contribution in [0.25, 0.3) is 21.9 Å². The van der Waals surface area contributed by atoms with Crippen molar-refractivity contribution in [2.75, 3.05) is 0 Å². The fraction of sp³-hybridized carbons (Fsp3) is 0. The van der Waals surface area contributed by atoms with Gasteiger partial charge in [0.2, 0.25) is 0 Å². The first kappa shape index (κ1) is 7.51. The average Bonchev–Trinajstić information content (AvgIpc) is 2.26. The number of hydrogen-bond acceptors (Lipinski definition) is 0. The maximum absolute atomic E-state index is 5.75. The summed E-state index contributed by atoms with van der Waals surface area (Å²) in [5.74, 6) is 0. The first-order valence-corrected chi connectivity index (χ1v) is 4.64. The number of para-hydroxylation sites is 2. The molecule has 2 aromatic carbocycles. The maximum Gasteiger partial charge on any atom is 0.360 e. The lowest BCUT2D eigenvalue weighted by Crippen LogP contribution is -1.74. The third-order valence-corrected chi connectivity index (χ3v) is 2.37. The van der Waals surface area contributed by atoms with E-state index in [-0.39, 0.29) is 0 Å². The predicted octanol–water partition coefficient (Wildman–Crippen LogP) is 3.87. The molecule has 0 aliphatic carbocycles. The van der Waals surface area contributed by atoms with Gasteiger partial charge in [-0.3, -0.25) is 0 Å². The van der Waals surface area contributed by atoms with Gasteiger partial charge in [-0.2, -0.15) is 0 Å². The molecule has 0 aliphatic heterocycles. The van der Waals surface area contributed by atoms with Crippen LogP contribution in [-0.2, 0) is 0 Å². The molecule has 0 aliphatic rings. The van der Waals surface area contributed by atoms with E-state index in [0.29, 0.717) is 0 Å². The third-order valence-electron chi connectivity index (χ3n) is 2.37. The summed E-state index contributed by atoms with van der Waals surface area (Å²) in [6.07, 6.45) is 0. The van der Waals surface area contributed by atoms with Crippen molar-refractivity contribution in [3.8, 4) is 0 Å². The molecule has 0 unspecified atom stereocenters. The highest BCUT2D eigenvalue weighted by Gasteiger charge is 2.09.